The molecule has 0 aromatic heterocycles. The van der Waals surface area contributed by atoms with Crippen LogP contribution in [0.4, 0.5) is 4.39 Å². The molecule has 0 spiro atoms. The fraction of sp³-hybridized carbons (Fsp3) is 0.154. The van der Waals surface area contributed by atoms with Crippen LogP contribution in [0, 0.1) is 12.7 Å². The lowest BCUT2D eigenvalue weighted by atomic mass is 10.1. The van der Waals surface area contributed by atoms with Crippen LogP contribution in [0.2, 0.25) is 0 Å². The minimum Gasteiger partial charge on any atom is -0.490 e. The van der Waals surface area contributed by atoms with Crippen molar-refractivity contribution in [1.82, 2.24) is 0 Å². The van der Waals surface area contributed by atoms with Crippen LogP contribution < -0.4 is 9.47 Å². The van der Waals surface area contributed by atoms with E-state index >= 15 is 0 Å². The van der Waals surface area contributed by atoms with Crippen molar-refractivity contribution in [2.75, 3.05) is 6.61 Å². The second-order valence-corrected chi connectivity index (χ2v) is 7.26. The molecule has 1 heterocycles. The summed E-state index contributed by atoms with van der Waals surface area (Å²) < 4.78 is 30.2. The largest absolute Gasteiger partial charge is 0.490 e. The Morgan fingerprint density at radius 3 is 2.56 bits per heavy atom. The Kier molecular flexibility index (Phi) is 6.31. The smallest absolute Gasteiger partial charge is 0.363 e. The van der Waals surface area contributed by atoms with Gasteiger partial charge in [-0.1, -0.05) is 35.9 Å². The van der Waals surface area contributed by atoms with Gasteiger partial charge in [0, 0.05) is 5.56 Å². The summed E-state index contributed by atoms with van der Waals surface area (Å²) >= 11 is 0. The number of nitrogens with zero attached hydrogens (tertiary/aromatic N) is 1. The summed E-state index contributed by atoms with van der Waals surface area (Å²) in [5.74, 6) is 0.502. The average molecular weight is 431 g/mol. The van der Waals surface area contributed by atoms with Gasteiger partial charge in [0.05, 0.1) is 6.61 Å². The maximum atomic E-state index is 13.4. The maximum absolute atomic E-state index is 13.4. The zero-order valence-corrected chi connectivity index (χ0v) is 17.8. The number of aryl methyl sites for hydroxylation is 1. The molecule has 0 radical (unpaired) electrons. The van der Waals surface area contributed by atoms with E-state index < -0.39 is 5.97 Å². The zero-order chi connectivity index (χ0) is 22.5. The van der Waals surface area contributed by atoms with E-state index in [1.54, 1.807) is 36.4 Å². The van der Waals surface area contributed by atoms with Crippen molar-refractivity contribution in [1.29, 1.82) is 0 Å². The van der Waals surface area contributed by atoms with Crippen LogP contribution in [-0.4, -0.2) is 18.5 Å². The Balaban J connectivity index is 1.55. The fourth-order valence-electron chi connectivity index (χ4n) is 3.18. The molecule has 162 valence electrons. The third kappa shape index (κ3) is 5.03. The lowest BCUT2D eigenvalue weighted by Gasteiger charge is -2.13. The van der Waals surface area contributed by atoms with Crippen LogP contribution in [0.1, 0.15) is 29.2 Å². The number of hydrogen-bond acceptors (Lipinski definition) is 5. The van der Waals surface area contributed by atoms with Gasteiger partial charge in [-0.15, -0.1) is 0 Å². The highest BCUT2D eigenvalue weighted by molar-refractivity contribution is 6.12. The molecule has 0 saturated carbocycles. The van der Waals surface area contributed by atoms with Gasteiger partial charge in [-0.05, 0) is 67.4 Å². The monoisotopic (exact) mass is 431 g/mol. The molecular weight excluding hydrogens is 409 g/mol. The van der Waals surface area contributed by atoms with Crippen molar-refractivity contribution in [3.63, 3.8) is 0 Å². The molecule has 0 aliphatic carbocycles. The van der Waals surface area contributed by atoms with Crippen LogP contribution in [0.5, 0.6) is 11.5 Å². The molecule has 6 heteroatoms. The summed E-state index contributed by atoms with van der Waals surface area (Å²) in [4.78, 5) is 16.6. The van der Waals surface area contributed by atoms with Gasteiger partial charge in [-0.3, -0.25) is 0 Å². The Hall–Kier alpha value is -3.93. The number of rotatable bonds is 7. The number of benzene rings is 3. The van der Waals surface area contributed by atoms with E-state index in [4.69, 9.17) is 14.2 Å². The van der Waals surface area contributed by atoms with Crippen LogP contribution in [0.15, 0.2) is 77.4 Å². The third-order valence-corrected chi connectivity index (χ3v) is 4.77. The van der Waals surface area contributed by atoms with Crippen LogP contribution in [-0.2, 0) is 16.1 Å². The van der Waals surface area contributed by atoms with Crippen molar-refractivity contribution in [3.05, 3.63) is 100 Å². The number of aliphatic imine (C=N–C) groups is 1. The fourth-order valence-corrected chi connectivity index (χ4v) is 3.18. The minimum absolute atomic E-state index is 0.203. The van der Waals surface area contributed by atoms with E-state index in [9.17, 15) is 9.18 Å². The number of esters is 1. The molecular formula is C26H22FNO4. The first-order chi connectivity index (χ1) is 15.5. The minimum atomic E-state index is -0.509. The van der Waals surface area contributed by atoms with Gasteiger partial charge in [-0.2, -0.15) is 0 Å². The normalized spacial score (nSPS) is 14.3. The molecule has 3 aromatic rings. The number of halogens is 1. The first kappa shape index (κ1) is 21.3. The molecule has 1 aliphatic heterocycles. The highest BCUT2D eigenvalue weighted by Gasteiger charge is 2.24. The van der Waals surface area contributed by atoms with Crippen molar-refractivity contribution in [2.24, 2.45) is 4.99 Å². The SMILES string of the molecule is CCOc1cc(/C=C2\N=C(c3ccc(C)cc3)OC2=O)ccc1OCc1cccc(F)c1. The number of cyclic esters (lactones) is 1. The van der Waals surface area contributed by atoms with Crippen LogP contribution in [0.25, 0.3) is 6.08 Å². The first-order valence-corrected chi connectivity index (χ1v) is 10.3. The summed E-state index contributed by atoms with van der Waals surface area (Å²) in [5.41, 5.74) is 3.48. The molecule has 0 bridgehead atoms. The molecule has 4 rings (SSSR count). The Morgan fingerprint density at radius 2 is 1.81 bits per heavy atom. The van der Waals surface area contributed by atoms with Gasteiger partial charge in [0.1, 0.15) is 12.4 Å². The van der Waals surface area contributed by atoms with Crippen molar-refractivity contribution < 1.29 is 23.4 Å². The Morgan fingerprint density at radius 1 is 1.00 bits per heavy atom. The highest BCUT2D eigenvalue weighted by Crippen LogP contribution is 2.31. The quantitative estimate of drug-likeness (QED) is 0.368. The summed E-state index contributed by atoms with van der Waals surface area (Å²) in [6, 6.07) is 19.1. The Labute approximate surface area is 185 Å². The molecule has 0 fully saturated rings. The first-order valence-electron chi connectivity index (χ1n) is 10.3. The Bertz CT molecular complexity index is 1200. The molecule has 0 amide bonds. The van der Waals surface area contributed by atoms with Gasteiger partial charge in [0.2, 0.25) is 5.90 Å². The number of carbonyl (C=O) groups excluding carboxylic acids is 1. The van der Waals surface area contributed by atoms with Gasteiger partial charge in [0.15, 0.2) is 17.2 Å². The van der Waals surface area contributed by atoms with Gasteiger partial charge in [0.25, 0.3) is 0 Å². The predicted octanol–water partition coefficient (Wildman–Crippen LogP) is 5.46. The second kappa shape index (κ2) is 9.47. The molecule has 0 atom stereocenters. The zero-order valence-electron chi connectivity index (χ0n) is 17.8. The van der Waals surface area contributed by atoms with E-state index in [2.05, 4.69) is 4.99 Å². The standard InChI is InChI=1S/C26H22FNO4/c1-3-30-24-15-18(9-12-23(24)31-16-19-5-4-6-21(27)13-19)14-22-26(29)32-25(28-22)20-10-7-17(2)8-11-20/h4-15H,3,16H2,1-2H3/b22-14-. The van der Waals surface area contributed by atoms with E-state index in [1.165, 1.54) is 12.1 Å². The van der Waals surface area contributed by atoms with Crippen LogP contribution >= 0.6 is 0 Å². The number of ether oxygens (including phenoxy) is 3. The number of carbonyl (C=O) groups is 1. The molecule has 0 unspecified atom stereocenters. The molecule has 3 aromatic carbocycles. The van der Waals surface area contributed by atoms with E-state index in [0.717, 1.165) is 11.1 Å². The third-order valence-electron chi connectivity index (χ3n) is 4.77. The lowest BCUT2D eigenvalue weighted by Crippen LogP contribution is -2.05. The van der Waals surface area contributed by atoms with Crippen molar-refractivity contribution >= 4 is 17.9 Å². The molecule has 0 saturated heterocycles. The van der Waals surface area contributed by atoms with E-state index in [1.807, 2.05) is 38.1 Å². The van der Waals surface area contributed by atoms with Gasteiger partial charge >= 0.3 is 5.97 Å². The van der Waals surface area contributed by atoms with E-state index in [0.29, 0.717) is 29.2 Å². The van der Waals surface area contributed by atoms with E-state index in [-0.39, 0.29) is 24.0 Å². The summed E-state index contributed by atoms with van der Waals surface area (Å²) in [5, 5.41) is 0. The predicted molar refractivity (Wildman–Crippen MR) is 120 cm³/mol. The molecule has 5 nitrogen and oxygen atoms in total. The topological polar surface area (TPSA) is 57.1 Å². The molecule has 32 heavy (non-hydrogen) atoms. The highest BCUT2D eigenvalue weighted by atomic mass is 19.1. The lowest BCUT2D eigenvalue weighted by molar-refractivity contribution is -0.129. The van der Waals surface area contributed by atoms with Crippen LogP contribution in [0.3, 0.4) is 0 Å². The van der Waals surface area contributed by atoms with Gasteiger partial charge < -0.3 is 14.2 Å². The average Bonchev–Trinajstić information content (AvgIpc) is 3.14. The molecule has 0 N–H and O–H groups in total. The second-order valence-electron chi connectivity index (χ2n) is 7.26. The van der Waals surface area contributed by atoms with Gasteiger partial charge in [-0.25, -0.2) is 14.2 Å². The maximum Gasteiger partial charge on any atom is 0.363 e. The van der Waals surface area contributed by atoms with Crippen molar-refractivity contribution in [2.45, 2.75) is 20.5 Å². The van der Waals surface area contributed by atoms with Crippen molar-refractivity contribution in [3.8, 4) is 11.5 Å². The number of hydrogen-bond donors (Lipinski definition) is 0. The summed E-state index contributed by atoms with van der Waals surface area (Å²) in [6.07, 6.45) is 1.64. The summed E-state index contributed by atoms with van der Waals surface area (Å²) in [6.45, 7) is 4.50. The summed E-state index contributed by atoms with van der Waals surface area (Å²) in [7, 11) is 0. The molecule has 1 aliphatic rings.